The van der Waals surface area contributed by atoms with Crippen LogP contribution in [-0.4, -0.2) is 45.6 Å². The number of benzene rings is 1. The normalized spacial score (nSPS) is 17.4. The highest BCUT2D eigenvalue weighted by Crippen LogP contribution is 2.37. The van der Waals surface area contributed by atoms with E-state index in [4.69, 9.17) is 16.3 Å². The molecule has 0 saturated heterocycles. The summed E-state index contributed by atoms with van der Waals surface area (Å²) in [7, 11) is -1.47. The topological polar surface area (TPSA) is 58.6 Å². The molecule has 136 valence electrons. The molecule has 1 aliphatic rings. The van der Waals surface area contributed by atoms with E-state index in [1.807, 2.05) is 6.92 Å². The third-order valence-electron chi connectivity index (χ3n) is 4.34. The van der Waals surface area contributed by atoms with Gasteiger partial charge < -0.3 is 9.64 Å². The van der Waals surface area contributed by atoms with Crippen LogP contribution in [0.25, 0.3) is 0 Å². The smallest absolute Gasteiger partial charge is 0.240 e. The van der Waals surface area contributed by atoms with Crippen LogP contribution in [0.5, 0.6) is 5.75 Å². The Morgan fingerprint density at radius 2 is 2.08 bits per heavy atom. The number of rotatable bonds is 8. The summed E-state index contributed by atoms with van der Waals surface area (Å²) in [5.41, 5.74) is 0.855. The molecule has 1 unspecified atom stereocenters. The molecule has 1 aromatic carbocycles. The third-order valence-corrected chi connectivity index (χ3v) is 6.06. The predicted octanol–water partition coefficient (Wildman–Crippen LogP) is 3.06. The van der Waals surface area contributed by atoms with Gasteiger partial charge in [0.05, 0.1) is 9.92 Å². The van der Waals surface area contributed by atoms with Crippen molar-refractivity contribution in [3.05, 3.63) is 22.7 Å². The minimum atomic E-state index is -3.54. The number of hydrogen-bond acceptors (Lipinski definition) is 4. The van der Waals surface area contributed by atoms with Gasteiger partial charge in [0.1, 0.15) is 11.9 Å². The van der Waals surface area contributed by atoms with Gasteiger partial charge in [0.25, 0.3) is 0 Å². The predicted molar refractivity (Wildman–Crippen MR) is 97.4 cm³/mol. The maximum atomic E-state index is 12.5. The lowest BCUT2D eigenvalue weighted by atomic mass is 10.1. The first kappa shape index (κ1) is 19.5. The maximum Gasteiger partial charge on any atom is 0.240 e. The lowest BCUT2D eigenvalue weighted by molar-refractivity contribution is 0.255. The second-order valence-corrected chi connectivity index (χ2v) is 8.88. The Kier molecular flexibility index (Phi) is 6.53. The van der Waals surface area contributed by atoms with Gasteiger partial charge in [-0.1, -0.05) is 11.6 Å². The van der Waals surface area contributed by atoms with Crippen LogP contribution in [0.4, 0.5) is 0 Å². The van der Waals surface area contributed by atoms with Gasteiger partial charge in [-0.15, -0.1) is 0 Å². The van der Waals surface area contributed by atoms with Gasteiger partial charge in [-0.05, 0) is 59.3 Å². The van der Waals surface area contributed by atoms with Gasteiger partial charge in [0.15, 0.2) is 0 Å². The van der Waals surface area contributed by atoms with Crippen LogP contribution in [0.1, 0.15) is 39.2 Å². The summed E-state index contributed by atoms with van der Waals surface area (Å²) in [5, 5.41) is 0.357. The van der Waals surface area contributed by atoms with E-state index in [-0.39, 0.29) is 11.0 Å². The molecule has 5 nitrogen and oxygen atoms in total. The van der Waals surface area contributed by atoms with Gasteiger partial charge in [0.2, 0.25) is 10.0 Å². The number of fused-ring (bicyclic) bond motifs is 1. The van der Waals surface area contributed by atoms with Crippen LogP contribution in [0.3, 0.4) is 0 Å². The fourth-order valence-corrected chi connectivity index (χ4v) is 4.15. The van der Waals surface area contributed by atoms with E-state index in [0.717, 1.165) is 24.9 Å². The summed E-state index contributed by atoms with van der Waals surface area (Å²) in [6, 6.07) is 3.63. The van der Waals surface area contributed by atoms with E-state index in [2.05, 4.69) is 30.5 Å². The first-order valence-electron chi connectivity index (χ1n) is 8.39. The molecule has 0 saturated carbocycles. The number of halogens is 1. The summed E-state index contributed by atoms with van der Waals surface area (Å²) >= 11 is 6.17. The van der Waals surface area contributed by atoms with Crippen LogP contribution in [0.2, 0.25) is 5.02 Å². The molecule has 1 atom stereocenters. The van der Waals surface area contributed by atoms with Gasteiger partial charge >= 0.3 is 0 Å². The maximum absolute atomic E-state index is 12.5. The number of sulfonamides is 1. The molecule has 1 N–H and O–H groups in total. The third kappa shape index (κ3) is 4.85. The first-order chi connectivity index (χ1) is 11.2. The van der Waals surface area contributed by atoms with Crippen LogP contribution >= 0.6 is 11.6 Å². The Hall–Kier alpha value is -0.820. The second-order valence-electron chi connectivity index (χ2n) is 6.71. The zero-order valence-electron chi connectivity index (χ0n) is 14.8. The van der Waals surface area contributed by atoms with Gasteiger partial charge in [-0.3, -0.25) is 0 Å². The van der Waals surface area contributed by atoms with Crippen LogP contribution in [0.15, 0.2) is 17.0 Å². The molecular weight excluding hydrogens is 348 g/mol. The largest absolute Gasteiger partial charge is 0.489 e. The fourth-order valence-electron chi connectivity index (χ4n) is 2.65. The molecule has 0 spiro atoms. The van der Waals surface area contributed by atoms with Crippen molar-refractivity contribution in [2.75, 3.05) is 20.1 Å². The fraction of sp³-hybridized carbons (Fsp3) is 0.647. The number of unbranched alkanes of at least 4 members (excludes halogenated alkanes) is 1. The molecule has 7 heteroatoms. The van der Waals surface area contributed by atoms with E-state index in [1.54, 1.807) is 6.07 Å². The van der Waals surface area contributed by atoms with Crippen molar-refractivity contribution in [3.8, 4) is 5.75 Å². The van der Waals surface area contributed by atoms with Crippen LogP contribution < -0.4 is 9.46 Å². The lowest BCUT2D eigenvalue weighted by Crippen LogP contribution is -2.29. The molecule has 0 bridgehead atoms. The molecule has 0 amide bonds. The Morgan fingerprint density at radius 1 is 1.38 bits per heavy atom. The lowest BCUT2D eigenvalue weighted by Gasteiger charge is -2.20. The SMILES string of the molecule is CC1Cc2cc(S(=O)(=O)NCCCCN(C)C(C)C)cc(Cl)c2O1. The molecule has 24 heavy (non-hydrogen) atoms. The van der Waals surface area contributed by atoms with E-state index >= 15 is 0 Å². The van der Waals surface area contributed by atoms with Crippen molar-refractivity contribution in [1.29, 1.82) is 0 Å². The molecule has 0 fully saturated rings. The van der Waals surface area contributed by atoms with Gasteiger partial charge in [-0.2, -0.15) is 0 Å². The van der Waals surface area contributed by atoms with Crippen molar-refractivity contribution in [1.82, 2.24) is 9.62 Å². The molecule has 0 aromatic heterocycles. The number of hydrogen-bond donors (Lipinski definition) is 1. The Balaban J connectivity index is 1.92. The monoisotopic (exact) mass is 374 g/mol. The highest BCUT2D eigenvalue weighted by molar-refractivity contribution is 7.89. The van der Waals surface area contributed by atoms with E-state index < -0.39 is 10.0 Å². The molecule has 0 radical (unpaired) electrons. The van der Waals surface area contributed by atoms with Crippen molar-refractivity contribution in [2.45, 2.75) is 57.1 Å². The number of nitrogens with zero attached hydrogens (tertiary/aromatic N) is 1. The molecule has 0 aliphatic carbocycles. The van der Waals surface area contributed by atoms with E-state index in [9.17, 15) is 8.42 Å². The van der Waals surface area contributed by atoms with E-state index in [1.165, 1.54) is 6.07 Å². The second kappa shape index (κ2) is 8.04. The van der Waals surface area contributed by atoms with E-state index in [0.29, 0.717) is 29.8 Å². The number of nitrogens with one attached hydrogen (secondary N) is 1. The van der Waals surface area contributed by atoms with Crippen molar-refractivity contribution < 1.29 is 13.2 Å². The molecule has 1 heterocycles. The highest BCUT2D eigenvalue weighted by Gasteiger charge is 2.25. The van der Waals surface area contributed by atoms with Gasteiger partial charge in [0, 0.05) is 24.6 Å². The van der Waals surface area contributed by atoms with Crippen molar-refractivity contribution in [2.24, 2.45) is 0 Å². The summed E-state index contributed by atoms with van der Waals surface area (Å²) < 4.78 is 33.2. The van der Waals surface area contributed by atoms with Crippen molar-refractivity contribution in [3.63, 3.8) is 0 Å². The average molecular weight is 375 g/mol. The summed E-state index contributed by atoms with van der Waals surface area (Å²) in [6.07, 6.45) is 2.46. The van der Waals surface area contributed by atoms with Crippen LogP contribution in [-0.2, 0) is 16.4 Å². The molecule has 1 aromatic rings. The first-order valence-corrected chi connectivity index (χ1v) is 10.3. The minimum Gasteiger partial charge on any atom is -0.489 e. The summed E-state index contributed by atoms with van der Waals surface area (Å²) in [5.74, 6) is 0.611. The minimum absolute atomic E-state index is 0.0290. The van der Waals surface area contributed by atoms with Crippen molar-refractivity contribution >= 4 is 21.6 Å². The summed E-state index contributed by atoms with van der Waals surface area (Å²) in [6.45, 7) is 7.61. The quantitative estimate of drug-likeness (QED) is 0.710. The van der Waals surface area contributed by atoms with Gasteiger partial charge in [-0.25, -0.2) is 13.1 Å². The van der Waals surface area contributed by atoms with Crippen LogP contribution in [0, 0.1) is 0 Å². The molecule has 2 rings (SSSR count). The average Bonchev–Trinajstić information content (AvgIpc) is 2.87. The summed E-state index contributed by atoms with van der Waals surface area (Å²) in [4.78, 5) is 2.46. The standard InChI is InChI=1S/C17H27ClN2O3S/c1-12(2)20(4)8-6-5-7-19-24(21,22)15-10-14-9-13(3)23-17(14)16(18)11-15/h10-13,19H,5-9H2,1-4H3. The zero-order valence-corrected chi connectivity index (χ0v) is 16.4. The Bertz CT molecular complexity index is 677. The Labute approximate surface area is 150 Å². The highest BCUT2D eigenvalue weighted by atomic mass is 35.5. The number of ether oxygens (including phenoxy) is 1. The zero-order chi connectivity index (χ0) is 17.9. The Morgan fingerprint density at radius 3 is 2.75 bits per heavy atom. The molecule has 1 aliphatic heterocycles. The molecular formula is C17H27ClN2O3S.